The molecular formula is C26H25F3N2OS. The van der Waals surface area contributed by atoms with Gasteiger partial charge in [-0.2, -0.15) is 18.4 Å². The van der Waals surface area contributed by atoms with Crippen LogP contribution in [0.4, 0.5) is 13.2 Å². The second-order valence-corrected chi connectivity index (χ2v) is 8.94. The van der Waals surface area contributed by atoms with Crippen LogP contribution in [-0.4, -0.2) is 18.1 Å². The van der Waals surface area contributed by atoms with Crippen molar-refractivity contribution in [2.24, 2.45) is 0 Å². The monoisotopic (exact) mass is 470 g/mol. The number of alkyl halides is 3. The molecule has 1 aromatic rings. The van der Waals surface area contributed by atoms with Crippen LogP contribution in [0, 0.1) is 11.3 Å². The van der Waals surface area contributed by atoms with Crippen molar-refractivity contribution in [3.63, 3.8) is 0 Å². The van der Waals surface area contributed by atoms with Gasteiger partial charge in [0.15, 0.2) is 0 Å². The predicted molar refractivity (Wildman–Crippen MR) is 127 cm³/mol. The van der Waals surface area contributed by atoms with Crippen LogP contribution in [0.3, 0.4) is 0 Å². The number of thioether (sulfide) groups is 1. The van der Waals surface area contributed by atoms with Crippen LogP contribution in [0.5, 0.6) is 0 Å². The minimum Gasteiger partial charge on any atom is -0.345 e. The van der Waals surface area contributed by atoms with Crippen LogP contribution in [0.15, 0.2) is 86.4 Å². The van der Waals surface area contributed by atoms with Crippen molar-refractivity contribution in [2.75, 3.05) is 0 Å². The smallest absolute Gasteiger partial charge is 0.345 e. The van der Waals surface area contributed by atoms with Gasteiger partial charge < -0.3 is 5.32 Å². The van der Waals surface area contributed by atoms with Crippen LogP contribution in [0.1, 0.15) is 51.0 Å². The number of carbonyl (C=O) groups excluding carboxylic acids is 1. The first-order valence-electron chi connectivity index (χ1n) is 10.4. The summed E-state index contributed by atoms with van der Waals surface area (Å²) >= 11 is 1.38. The number of rotatable bonds is 4. The Hall–Kier alpha value is -3.20. The molecule has 3 nitrogen and oxygen atoms in total. The first kappa shape index (κ1) is 24.4. The molecule has 2 aliphatic rings. The summed E-state index contributed by atoms with van der Waals surface area (Å²) < 4.78 is 40.7. The SMILES string of the molecule is CC1=C=CC=C(C2=C(C)CCC=C(C(C)NC(=O)c3cccc(C#N)c3)S2)C=C1C(F)(F)F.[HH]. The molecule has 0 aromatic heterocycles. The van der Waals surface area contributed by atoms with Crippen LogP contribution < -0.4 is 5.32 Å². The summed E-state index contributed by atoms with van der Waals surface area (Å²) in [6.45, 7) is 5.16. The summed E-state index contributed by atoms with van der Waals surface area (Å²) in [6.07, 6.45) is 3.31. The van der Waals surface area contributed by atoms with Crippen LogP contribution in [-0.2, 0) is 0 Å². The summed E-state index contributed by atoms with van der Waals surface area (Å²) in [5, 5.41) is 12.0. The number of nitrogens with one attached hydrogen (secondary N) is 1. The zero-order valence-electron chi connectivity index (χ0n) is 18.5. The molecule has 0 bridgehead atoms. The fraction of sp³-hybridized carbons (Fsp3) is 0.269. The van der Waals surface area contributed by atoms with E-state index < -0.39 is 11.7 Å². The maximum atomic E-state index is 13.6. The van der Waals surface area contributed by atoms with Crippen molar-refractivity contribution in [3.05, 3.63) is 97.5 Å². The van der Waals surface area contributed by atoms with E-state index in [1.165, 1.54) is 36.9 Å². The zero-order valence-corrected chi connectivity index (χ0v) is 19.3. The van der Waals surface area contributed by atoms with Crippen molar-refractivity contribution < 1.29 is 19.4 Å². The highest BCUT2D eigenvalue weighted by Crippen LogP contribution is 2.42. The molecule has 1 N–H and O–H groups in total. The quantitative estimate of drug-likeness (QED) is 0.476. The Morgan fingerprint density at radius 1 is 1.33 bits per heavy atom. The Balaban J connectivity index is 0.00000408. The standard InChI is InChI=1S/C26H23F3N2OS.H2/c1-16-7-4-10-20(14-22(16)26(27,28)29)24-17(2)8-5-12-23(33-24)18(3)31-25(32)21-11-6-9-19(13-21)15-30;/h4,6,9-14,18H,5,8H2,1-3H3,(H,31,32);1H. The predicted octanol–water partition coefficient (Wildman–Crippen LogP) is 7.14. The molecule has 1 aromatic carbocycles. The lowest BCUT2D eigenvalue weighted by Gasteiger charge is -2.20. The molecule has 1 aliphatic carbocycles. The highest BCUT2D eigenvalue weighted by Gasteiger charge is 2.35. The molecule has 1 unspecified atom stereocenters. The van der Waals surface area contributed by atoms with E-state index in [4.69, 9.17) is 5.26 Å². The van der Waals surface area contributed by atoms with Gasteiger partial charge in [0, 0.05) is 22.4 Å². The molecule has 0 spiro atoms. The molecule has 0 saturated carbocycles. The highest BCUT2D eigenvalue weighted by atomic mass is 32.2. The second kappa shape index (κ2) is 10.2. The van der Waals surface area contributed by atoms with E-state index in [9.17, 15) is 18.0 Å². The second-order valence-electron chi connectivity index (χ2n) is 7.86. The van der Waals surface area contributed by atoms with Gasteiger partial charge in [0.25, 0.3) is 5.91 Å². The van der Waals surface area contributed by atoms with Crippen molar-refractivity contribution in [3.8, 4) is 6.07 Å². The number of nitrogens with zero attached hydrogens (tertiary/aromatic N) is 1. The van der Waals surface area contributed by atoms with E-state index >= 15 is 0 Å². The van der Waals surface area contributed by atoms with Crippen LogP contribution in [0.2, 0.25) is 0 Å². The van der Waals surface area contributed by atoms with Gasteiger partial charge in [-0.15, -0.1) is 5.73 Å². The summed E-state index contributed by atoms with van der Waals surface area (Å²) in [6, 6.07) is 8.08. The van der Waals surface area contributed by atoms with Gasteiger partial charge in [0.05, 0.1) is 23.2 Å². The normalized spacial score (nSPS) is 17.6. The fourth-order valence-electron chi connectivity index (χ4n) is 3.52. The molecule has 3 rings (SSSR count). The Labute approximate surface area is 197 Å². The third kappa shape index (κ3) is 5.98. The van der Waals surface area contributed by atoms with E-state index in [0.29, 0.717) is 23.1 Å². The first-order chi connectivity index (χ1) is 15.6. The van der Waals surface area contributed by atoms with Gasteiger partial charge >= 0.3 is 6.18 Å². The Morgan fingerprint density at radius 3 is 2.79 bits per heavy atom. The van der Waals surface area contributed by atoms with Gasteiger partial charge in [0.1, 0.15) is 0 Å². The largest absolute Gasteiger partial charge is 0.417 e. The van der Waals surface area contributed by atoms with E-state index in [-0.39, 0.29) is 18.9 Å². The molecule has 0 saturated heterocycles. The minimum absolute atomic E-state index is 0. The average Bonchev–Trinajstić information content (AvgIpc) is 3.09. The van der Waals surface area contributed by atoms with E-state index in [2.05, 4.69) is 11.0 Å². The lowest BCUT2D eigenvalue weighted by Crippen LogP contribution is -2.33. The minimum atomic E-state index is -4.48. The number of amides is 1. The van der Waals surface area contributed by atoms with Crippen molar-refractivity contribution >= 4 is 17.7 Å². The van der Waals surface area contributed by atoms with Gasteiger partial charge in [-0.25, -0.2) is 0 Å². The third-order valence-corrected chi connectivity index (χ3v) is 6.88. The van der Waals surface area contributed by atoms with E-state index in [1.54, 1.807) is 24.3 Å². The molecule has 1 aliphatic heterocycles. The molecule has 1 amide bonds. The molecule has 7 heteroatoms. The topological polar surface area (TPSA) is 52.9 Å². The maximum absolute atomic E-state index is 13.6. The average molecular weight is 471 g/mol. The molecular weight excluding hydrogens is 445 g/mol. The summed E-state index contributed by atoms with van der Waals surface area (Å²) in [5.74, 6) is -0.316. The van der Waals surface area contributed by atoms with Crippen molar-refractivity contribution in [1.29, 1.82) is 5.26 Å². The number of carbonyl (C=O) groups is 1. The Morgan fingerprint density at radius 2 is 2.09 bits per heavy atom. The molecule has 33 heavy (non-hydrogen) atoms. The highest BCUT2D eigenvalue weighted by molar-refractivity contribution is 8.07. The number of nitriles is 1. The fourth-order valence-corrected chi connectivity index (χ4v) is 4.72. The summed E-state index contributed by atoms with van der Waals surface area (Å²) in [7, 11) is 0. The maximum Gasteiger partial charge on any atom is 0.417 e. The first-order valence-corrected chi connectivity index (χ1v) is 11.2. The van der Waals surface area contributed by atoms with E-state index in [0.717, 1.165) is 21.8 Å². The van der Waals surface area contributed by atoms with Crippen molar-refractivity contribution in [1.82, 2.24) is 5.32 Å². The van der Waals surface area contributed by atoms with Gasteiger partial charge in [-0.1, -0.05) is 29.5 Å². The molecule has 0 radical (unpaired) electrons. The lowest BCUT2D eigenvalue weighted by molar-refractivity contribution is -0.0893. The summed E-state index contributed by atoms with van der Waals surface area (Å²) in [5.41, 5.74) is 4.25. The lowest BCUT2D eigenvalue weighted by atomic mass is 10.0. The number of halogens is 3. The molecule has 0 fully saturated rings. The Kier molecular flexibility index (Phi) is 7.53. The molecule has 1 atom stereocenters. The summed E-state index contributed by atoms with van der Waals surface area (Å²) in [4.78, 5) is 14.3. The number of benzene rings is 1. The molecule has 1 heterocycles. The van der Waals surface area contributed by atoms with Crippen molar-refractivity contribution in [2.45, 2.75) is 45.8 Å². The number of allylic oxidation sites excluding steroid dienone is 7. The van der Waals surface area contributed by atoms with Gasteiger partial charge in [-0.05, 0) is 75.6 Å². The van der Waals surface area contributed by atoms with Crippen LogP contribution >= 0.6 is 11.8 Å². The third-order valence-electron chi connectivity index (χ3n) is 5.33. The number of hydrogen-bond donors (Lipinski definition) is 1. The Bertz CT molecular complexity index is 1210. The van der Waals surface area contributed by atoms with Crippen LogP contribution in [0.25, 0.3) is 0 Å². The number of hydrogen-bond acceptors (Lipinski definition) is 3. The molecule has 172 valence electrons. The zero-order chi connectivity index (χ0) is 24.2. The van der Waals surface area contributed by atoms with Gasteiger partial charge in [0.2, 0.25) is 0 Å². The van der Waals surface area contributed by atoms with E-state index in [1.807, 2.05) is 26.0 Å². The van der Waals surface area contributed by atoms with Gasteiger partial charge in [-0.3, -0.25) is 4.79 Å².